The predicted molar refractivity (Wildman–Crippen MR) is 101 cm³/mol. The number of aromatic amines is 1. The van der Waals surface area contributed by atoms with Crippen molar-refractivity contribution in [2.75, 3.05) is 13.2 Å². The van der Waals surface area contributed by atoms with Crippen LogP contribution in [0.5, 0.6) is 0 Å². The molecule has 0 aliphatic heterocycles. The molecule has 28 heavy (non-hydrogen) atoms. The van der Waals surface area contributed by atoms with Crippen molar-refractivity contribution < 1.29 is 19.1 Å². The van der Waals surface area contributed by atoms with Crippen molar-refractivity contribution >= 4 is 28.6 Å². The van der Waals surface area contributed by atoms with Gasteiger partial charge in [-0.3, -0.25) is 29.1 Å². The molecule has 2 aromatic rings. The van der Waals surface area contributed by atoms with E-state index in [4.69, 9.17) is 4.74 Å². The van der Waals surface area contributed by atoms with Crippen molar-refractivity contribution in [3.8, 4) is 0 Å². The molecule has 0 spiro atoms. The molecule has 0 radical (unpaired) electrons. The second-order valence-corrected chi connectivity index (χ2v) is 6.12. The maximum absolute atomic E-state index is 12.3. The molecule has 0 saturated carbocycles. The van der Waals surface area contributed by atoms with Crippen LogP contribution in [-0.4, -0.2) is 46.8 Å². The molecular weight excluding hydrogens is 368 g/mol. The van der Waals surface area contributed by atoms with E-state index in [-0.39, 0.29) is 16.7 Å². The molecule has 150 valence electrons. The van der Waals surface area contributed by atoms with Gasteiger partial charge in [0, 0.05) is 6.54 Å². The molecule has 2 rings (SSSR count). The summed E-state index contributed by atoms with van der Waals surface area (Å²) in [4.78, 5) is 59.7. The number of esters is 1. The van der Waals surface area contributed by atoms with E-state index in [2.05, 4.69) is 15.7 Å². The lowest BCUT2D eigenvalue weighted by Crippen LogP contribution is -2.46. The Balaban J connectivity index is 1.93. The third kappa shape index (κ3) is 5.29. The number of aromatic nitrogens is 2. The number of amides is 2. The highest BCUT2D eigenvalue weighted by Gasteiger charge is 2.17. The Hall–Kier alpha value is -3.43. The van der Waals surface area contributed by atoms with Crippen molar-refractivity contribution in [1.29, 1.82) is 0 Å². The highest BCUT2D eigenvalue weighted by atomic mass is 16.5. The fraction of sp³-hybridized carbons (Fsp3) is 0.389. The summed E-state index contributed by atoms with van der Waals surface area (Å²) in [7, 11) is 0. The first-order chi connectivity index (χ1) is 13.3. The van der Waals surface area contributed by atoms with Gasteiger partial charge in [-0.2, -0.15) is 0 Å². The van der Waals surface area contributed by atoms with Gasteiger partial charge in [0.2, 0.25) is 5.91 Å². The van der Waals surface area contributed by atoms with E-state index in [0.717, 1.165) is 11.1 Å². The number of fused-ring (bicyclic) bond motifs is 1. The first-order valence-corrected chi connectivity index (χ1v) is 8.78. The van der Waals surface area contributed by atoms with Crippen molar-refractivity contribution in [3.05, 3.63) is 45.0 Å². The second-order valence-electron chi connectivity index (χ2n) is 6.12. The maximum Gasteiger partial charge on any atom is 0.328 e. The summed E-state index contributed by atoms with van der Waals surface area (Å²) in [6, 6.07) is 5.43. The molecule has 3 N–H and O–H groups in total. The second kappa shape index (κ2) is 9.49. The van der Waals surface area contributed by atoms with Crippen LogP contribution in [0.2, 0.25) is 0 Å². The minimum Gasteiger partial charge on any atom is -0.454 e. The molecule has 0 aliphatic rings. The van der Waals surface area contributed by atoms with Crippen LogP contribution in [0.25, 0.3) is 10.8 Å². The van der Waals surface area contributed by atoms with Gasteiger partial charge in [-0.25, -0.2) is 4.68 Å². The first-order valence-electron chi connectivity index (χ1n) is 8.78. The van der Waals surface area contributed by atoms with E-state index < -0.39 is 42.2 Å². The van der Waals surface area contributed by atoms with Crippen LogP contribution in [0.4, 0.5) is 0 Å². The number of hydrogen-bond donors (Lipinski definition) is 3. The fourth-order valence-electron chi connectivity index (χ4n) is 2.43. The Labute approximate surface area is 159 Å². The lowest BCUT2D eigenvalue weighted by molar-refractivity contribution is -0.149. The maximum atomic E-state index is 12.3. The number of hydrogen-bond acceptors (Lipinski definition) is 6. The summed E-state index contributed by atoms with van der Waals surface area (Å²) in [5, 5.41) is 7.71. The Morgan fingerprint density at radius 1 is 1.18 bits per heavy atom. The molecular formula is C18H22N4O6. The average Bonchev–Trinajstić information content (AvgIpc) is 2.68. The Morgan fingerprint density at radius 2 is 1.86 bits per heavy atom. The Kier molecular flexibility index (Phi) is 7.08. The number of ether oxygens (including phenoxy) is 1. The van der Waals surface area contributed by atoms with Gasteiger partial charge in [-0.1, -0.05) is 19.1 Å². The summed E-state index contributed by atoms with van der Waals surface area (Å²) in [6.07, 6.45) is 0.764. The third-order valence-electron chi connectivity index (χ3n) is 3.86. The van der Waals surface area contributed by atoms with Crippen molar-refractivity contribution in [2.45, 2.75) is 32.9 Å². The third-order valence-corrected chi connectivity index (χ3v) is 3.86. The van der Waals surface area contributed by atoms with E-state index >= 15 is 0 Å². The number of carbonyl (C=O) groups is 3. The smallest absolute Gasteiger partial charge is 0.328 e. The zero-order chi connectivity index (χ0) is 20.7. The highest BCUT2D eigenvalue weighted by molar-refractivity contribution is 5.88. The molecule has 0 aliphatic carbocycles. The van der Waals surface area contributed by atoms with Crippen LogP contribution >= 0.6 is 0 Å². The van der Waals surface area contributed by atoms with E-state index in [9.17, 15) is 24.0 Å². The van der Waals surface area contributed by atoms with Crippen molar-refractivity contribution in [3.63, 3.8) is 0 Å². The minimum absolute atomic E-state index is 0.170. The van der Waals surface area contributed by atoms with Gasteiger partial charge in [0.15, 0.2) is 6.61 Å². The molecule has 0 saturated heterocycles. The summed E-state index contributed by atoms with van der Waals surface area (Å²) < 4.78 is 5.64. The summed E-state index contributed by atoms with van der Waals surface area (Å²) in [6.45, 7) is 2.73. The van der Waals surface area contributed by atoms with Gasteiger partial charge in [-0.05, 0) is 25.5 Å². The molecule has 2 amide bonds. The fourth-order valence-corrected chi connectivity index (χ4v) is 2.43. The number of carbonyl (C=O) groups excluding carboxylic acids is 3. The van der Waals surface area contributed by atoms with Crippen molar-refractivity contribution in [2.24, 2.45) is 0 Å². The van der Waals surface area contributed by atoms with E-state index in [1.165, 1.54) is 19.1 Å². The normalized spacial score (nSPS) is 11.6. The quantitative estimate of drug-likeness (QED) is 0.508. The molecule has 1 aromatic heterocycles. The lowest BCUT2D eigenvalue weighted by Gasteiger charge is -2.14. The van der Waals surface area contributed by atoms with Crippen LogP contribution in [0.3, 0.4) is 0 Å². The molecule has 1 atom stereocenters. The van der Waals surface area contributed by atoms with Gasteiger partial charge in [0.1, 0.15) is 12.6 Å². The number of benzene rings is 1. The van der Waals surface area contributed by atoms with Gasteiger partial charge in [0.25, 0.3) is 17.0 Å². The topological polar surface area (TPSA) is 139 Å². The number of nitrogens with zero attached hydrogens (tertiary/aromatic N) is 1. The molecule has 10 nitrogen and oxygen atoms in total. The summed E-state index contributed by atoms with van der Waals surface area (Å²) in [5.41, 5.74) is -1.08. The zero-order valence-electron chi connectivity index (χ0n) is 15.6. The van der Waals surface area contributed by atoms with Crippen LogP contribution < -0.4 is 21.8 Å². The van der Waals surface area contributed by atoms with E-state index in [1.807, 2.05) is 6.92 Å². The van der Waals surface area contributed by atoms with Gasteiger partial charge >= 0.3 is 5.97 Å². The number of H-pyrrole nitrogens is 1. The molecule has 1 aromatic carbocycles. The van der Waals surface area contributed by atoms with Crippen LogP contribution in [0.15, 0.2) is 33.9 Å². The molecule has 10 heteroatoms. The minimum atomic E-state index is -0.883. The summed E-state index contributed by atoms with van der Waals surface area (Å²) in [5.74, 6) is -1.89. The van der Waals surface area contributed by atoms with Gasteiger partial charge in [0.05, 0.1) is 10.8 Å². The Bertz CT molecular complexity index is 993. The number of rotatable bonds is 8. The first kappa shape index (κ1) is 20.9. The monoisotopic (exact) mass is 390 g/mol. The molecule has 0 bridgehead atoms. The Morgan fingerprint density at radius 3 is 2.54 bits per heavy atom. The number of nitrogens with one attached hydrogen (secondary N) is 3. The average molecular weight is 390 g/mol. The van der Waals surface area contributed by atoms with Crippen LogP contribution in [0.1, 0.15) is 20.3 Å². The SMILES string of the molecule is CCCNC(=O)[C@H](C)NC(=O)COC(=O)Cn1[nH]c(=O)c2ccccc2c1=O. The van der Waals surface area contributed by atoms with E-state index in [0.29, 0.717) is 6.54 Å². The van der Waals surface area contributed by atoms with Crippen LogP contribution in [-0.2, 0) is 25.7 Å². The van der Waals surface area contributed by atoms with Crippen LogP contribution in [0, 0.1) is 0 Å². The predicted octanol–water partition coefficient (Wildman–Crippen LogP) is -0.736. The lowest BCUT2D eigenvalue weighted by atomic mass is 10.2. The standard InChI is InChI=1S/C18H22N4O6/c1-3-8-19-16(25)11(2)20-14(23)10-28-15(24)9-22-18(27)13-7-5-4-6-12(13)17(26)21-22/h4-7,11H,3,8-10H2,1-2H3,(H,19,25)(H,20,23)(H,21,26)/t11-/m0/s1. The largest absolute Gasteiger partial charge is 0.454 e. The van der Waals surface area contributed by atoms with Crippen molar-refractivity contribution in [1.82, 2.24) is 20.4 Å². The van der Waals surface area contributed by atoms with E-state index in [1.54, 1.807) is 12.1 Å². The molecule has 1 heterocycles. The summed E-state index contributed by atoms with van der Waals surface area (Å²) >= 11 is 0. The highest BCUT2D eigenvalue weighted by Crippen LogP contribution is 2.02. The van der Waals surface area contributed by atoms with Gasteiger partial charge in [-0.15, -0.1) is 0 Å². The zero-order valence-corrected chi connectivity index (χ0v) is 15.6. The molecule has 0 unspecified atom stereocenters. The van der Waals surface area contributed by atoms with Gasteiger partial charge < -0.3 is 15.4 Å². The molecule has 0 fully saturated rings.